The number of hydrogen-bond acceptors (Lipinski definition) is 3. The molecule has 92 valence electrons. The van der Waals surface area contributed by atoms with Gasteiger partial charge >= 0.3 is 5.97 Å². The topological polar surface area (TPSA) is 83.5 Å². The Labute approximate surface area is 95.2 Å². The first kappa shape index (κ1) is 14.6. The summed E-state index contributed by atoms with van der Waals surface area (Å²) in [7, 11) is 0. The zero-order chi connectivity index (χ0) is 12.4. The molecule has 0 aromatic heterocycles. The van der Waals surface area contributed by atoms with Crippen LogP contribution in [0.4, 0.5) is 0 Å². The lowest BCUT2D eigenvalue weighted by atomic mass is 10.1. The lowest BCUT2D eigenvalue weighted by Crippen LogP contribution is -2.31. The van der Waals surface area contributed by atoms with Crippen LogP contribution in [0.5, 0.6) is 0 Å². The van der Waals surface area contributed by atoms with E-state index in [0.29, 0.717) is 13.0 Å². The van der Waals surface area contributed by atoms with Crippen molar-refractivity contribution in [3.05, 3.63) is 0 Å². The van der Waals surface area contributed by atoms with Crippen LogP contribution in [0.25, 0.3) is 0 Å². The molecule has 0 heterocycles. The van der Waals surface area contributed by atoms with Gasteiger partial charge in [-0.1, -0.05) is 13.3 Å². The second-order valence-corrected chi connectivity index (χ2v) is 3.81. The predicted molar refractivity (Wildman–Crippen MR) is 59.0 cm³/mol. The standard InChI is InChI=1S/C11H19NO4/c1-9(8-10(14)15)11(16)12-6-4-2-3-5-7-13/h7,9H,2-6,8H2,1H3,(H,12,16)(H,14,15). The highest BCUT2D eigenvalue weighted by molar-refractivity contribution is 5.82. The molecule has 0 aliphatic heterocycles. The van der Waals surface area contributed by atoms with Gasteiger partial charge in [0.15, 0.2) is 0 Å². The molecule has 0 spiro atoms. The highest BCUT2D eigenvalue weighted by Gasteiger charge is 2.15. The summed E-state index contributed by atoms with van der Waals surface area (Å²) in [4.78, 5) is 31.7. The van der Waals surface area contributed by atoms with Crippen LogP contribution < -0.4 is 5.32 Å². The molecule has 0 saturated heterocycles. The van der Waals surface area contributed by atoms with Gasteiger partial charge in [0.25, 0.3) is 0 Å². The Kier molecular flexibility index (Phi) is 8.11. The van der Waals surface area contributed by atoms with Gasteiger partial charge in [0, 0.05) is 18.9 Å². The highest BCUT2D eigenvalue weighted by atomic mass is 16.4. The second kappa shape index (κ2) is 8.88. The van der Waals surface area contributed by atoms with Crippen molar-refractivity contribution in [2.45, 2.75) is 39.0 Å². The summed E-state index contributed by atoms with van der Waals surface area (Å²) in [6.45, 7) is 2.14. The smallest absolute Gasteiger partial charge is 0.304 e. The Morgan fingerprint density at radius 3 is 2.56 bits per heavy atom. The van der Waals surface area contributed by atoms with Crippen LogP contribution >= 0.6 is 0 Å². The fourth-order valence-corrected chi connectivity index (χ4v) is 1.27. The Morgan fingerprint density at radius 1 is 1.31 bits per heavy atom. The molecule has 1 atom stereocenters. The number of aldehydes is 1. The number of carbonyl (C=O) groups excluding carboxylic acids is 2. The largest absolute Gasteiger partial charge is 0.481 e. The van der Waals surface area contributed by atoms with Gasteiger partial charge in [-0.25, -0.2) is 0 Å². The maximum atomic E-state index is 11.3. The van der Waals surface area contributed by atoms with E-state index < -0.39 is 11.9 Å². The summed E-state index contributed by atoms with van der Waals surface area (Å²) >= 11 is 0. The molecule has 5 heteroatoms. The maximum Gasteiger partial charge on any atom is 0.304 e. The summed E-state index contributed by atoms with van der Waals surface area (Å²) in [6, 6.07) is 0. The number of carboxylic acid groups (broad SMARTS) is 1. The van der Waals surface area contributed by atoms with Crippen LogP contribution in [-0.2, 0) is 14.4 Å². The van der Waals surface area contributed by atoms with Gasteiger partial charge in [-0.3, -0.25) is 9.59 Å². The molecule has 0 fully saturated rings. The summed E-state index contributed by atoms with van der Waals surface area (Å²) in [5, 5.41) is 11.2. The van der Waals surface area contributed by atoms with E-state index >= 15 is 0 Å². The van der Waals surface area contributed by atoms with Gasteiger partial charge in [0.1, 0.15) is 6.29 Å². The van der Waals surface area contributed by atoms with E-state index in [-0.39, 0.29) is 12.3 Å². The van der Waals surface area contributed by atoms with Crippen molar-refractivity contribution in [2.75, 3.05) is 6.54 Å². The van der Waals surface area contributed by atoms with Crippen LogP contribution in [-0.4, -0.2) is 29.8 Å². The number of carboxylic acids is 1. The van der Waals surface area contributed by atoms with Gasteiger partial charge in [0.2, 0.25) is 5.91 Å². The molecule has 2 N–H and O–H groups in total. The normalized spacial score (nSPS) is 11.8. The van der Waals surface area contributed by atoms with E-state index in [0.717, 1.165) is 25.5 Å². The van der Waals surface area contributed by atoms with E-state index in [1.54, 1.807) is 6.92 Å². The second-order valence-electron chi connectivity index (χ2n) is 3.81. The van der Waals surface area contributed by atoms with Crippen molar-refractivity contribution in [1.29, 1.82) is 0 Å². The SMILES string of the molecule is CC(CC(=O)O)C(=O)NCCCCCC=O. The Morgan fingerprint density at radius 2 is 2.00 bits per heavy atom. The quantitative estimate of drug-likeness (QED) is 0.456. The van der Waals surface area contributed by atoms with E-state index in [1.807, 2.05) is 0 Å². The van der Waals surface area contributed by atoms with Gasteiger partial charge in [0.05, 0.1) is 6.42 Å². The molecule has 16 heavy (non-hydrogen) atoms. The molecular weight excluding hydrogens is 210 g/mol. The minimum atomic E-state index is -0.964. The maximum absolute atomic E-state index is 11.3. The minimum absolute atomic E-state index is 0.142. The Balaban J connectivity index is 3.49. The molecule has 0 saturated carbocycles. The van der Waals surface area contributed by atoms with Crippen LogP contribution in [0.1, 0.15) is 39.0 Å². The third kappa shape index (κ3) is 7.96. The fourth-order valence-electron chi connectivity index (χ4n) is 1.27. The molecule has 0 bridgehead atoms. The van der Waals surface area contributed by atoms with Crippen LogP contribution in [0.2, 0.25) is 0 Å². The van der Waals surface area contributed by atoms with Gasteiger partial charge in [-0.05, 0) is 12.8 Å². The van der Waals surface area contributed by atoms with Gasteiger partial charge < -0.3 is 15.2 Å². The number of hydrogen-bond donors (Lipinski definition) is 2. The number of carbonyl (C=O) groups is 3. The van der Waals surface area contributed by atoms with Crippen LogP contribution in [0, 0.1) is 5.92 Å². The van der Waals surface area contributed by atoms with E-state index in [9.17, 15) is 14.4 Å². The van der Waals surface area contributed by atoms with E-state index in [1.165, 1.54) is 0 Å². The average Bonchev–Trinajstić information content (AvgIpc) is 2.21. The first-order valence-corrected chi connectivity index (χ1v) is 5.51. The van der Waals surface area contributed by atoms with Crippen molar-refractivity contribution in [3.8, 4) is 0 Å². The Bertz CT molecular complexity index is 240. The van der Waals surface area contributed by atoms with E-state index in [2.05, 4.69) is 5.32 Å². The minimum Gasteiger partial charge on any atom is -0.481 e. The lowest BCUT2D eigenvalue weighted by Gasteiger charge is -2.09. The summed E-state index contributed by atoms with van der Waals surface area (Å²) in [6.07, 6.45) is 3.85. The molecule has 1 amide bonds. The molecular formula is C11H19NO4. The molecule has 0 rings (SSSR count). The van der Waals surface area contributed by atoms with Crippen molar-refractivity contribution in [3.63, 3.8) is 0 Å². The summed E-state index contributed by atoms with van der Waals surface area (Å²) < 4.78 is 0. The summed E-state index contributed by atoms with van der Waals surface area (Å²) in [5.41, 5.74) is 0. The molecule has 1 unspecified atom stereocenters. The third-order valence-electron chi connectivity index (χ3n) is 2.23. The van der Waals surface area contributed by atoms with Crippen molar-refractivity contribution in [2.24, 2.45) is 5.92 Å². The third-order valence-corrected chi connectivity index (χ3v) is 2.23. The molecule has 0 radical (unpaired) electrons. The van der Waals surface area contributed by atoms with Gasteiger partial charge in [-0.2, -0.15) is 0 Å². The summed E-state index contributed by atoms with van der Waals surface area (Å²) in [5.74, 6) is -1.68. The van der Waals surface area contributed by atoms with Crippen molar-refractivity contribution >= 4 is 18.2 Å². The monoisotopic (exact) mass is 229 g/mol. The predicted octanol–water partition coefficient (Wildman–Crippen LogP) is 0.973. The van der Waals surface area contributed by atoms with Crippen molar-refractivity contribution in [1.82, 2.24) is 5.32 Å². The molecule has 0 aromatic rings. The molecule has 0 aliphatic rings. The zero-order valence-electron chi connectivity index (χ0n) is 9.57. The molecule has 0 aromatic carbocycles. The first-order valence-electron chi connectivity index (χ1n) is 5.51. The number of nitrogens with one attached hydrogen (secondary N) is 1. The number of aliphatic carboxylic acids is 1. The first-order chi connectivity index (χ1) is 7.57. The van der Waals surface area contributed by atoms with Crippen molar-refractivity contribution < 1.29 is 19.5 Å². The lowest BCUT2D eigenvalue weighted by molar-refractivity contribution is -0.140. The molecule has 5 nitrogen and oxygen atoms in total. The van der Waals surface area contributed by atoms with Crippen LogP contribution in [0.3, 0.4) is 0 Å². The average molecular weight is 229 g/mol. The van der Waals surface area contributed by atoms with Crippen LogP contribution in [0.15, 0.2) is 0 Å². The Hall–Kier alpha value is -1.39. The van der Waals surface area contributed by atoms with E-state index in [4.69, 9.17) is 5.11 Å². The number of unbranched alkanes of at least 4 members (excludes halogenated alkanes) is 3. The van der Waals surface area contributed by atoms with Gasteiger partial charge in [-0.15, -0.1) is 0 Å². The molecule has 0 aliphatic carbocycles. The number of amides is 1. The zero-order valence-corrected chi connectivity index (χ0v) is 9.57. The highest BCUT2D eigenvalue weighted by Crippen LogP contribution is 2.02. The fraction of sp³-hybridized carbons (Fsp3) is 0.727. The number of rotatable bonds is 9.